The summed E-state index contributed by atoms with van der Waals surface area (Å²) in [6.07, 6.45) is 2.43. The number of nitrogens with zero attached hydrogens (tertiary/aromatic N) is 1. The number of hydrogen-bond acceptors (Lipinski definition) is 10. The van der Waals surface area contributed by atoms with Crippen molar-refractivity contribution >= 4 is 18.2 Å². The topological polar surface area (TPSA) is 149 Å². The molecule has 0 radical (unpaired) electrons. The molecule has 0 fully saturated rings. The van der Waals surface area contributed by atoms with Crippen molar-refractivity contribution in [2.45, 2.75) is 52.8 Å². The Kier molecular flexibility index (Phi) is 12.3. The van der Waals surface area contributed by atoms with E-state index in [9.17, 15) is 14.7 Å². The maximum absolute atomic E-state index is 12.4. The zero-order chi connectivity index (χ0) is 30.5. The van der Waals surface area contributed by atoms with Gasteiger partial charge in [0.05, 0.1) is 44.8 Å². The first kappa shape index (κ1) is 32.1. The molecule has 0 bridgehead atoms. The molecule has 2 aromatic rings. The number of carbonyl (C=O) groups is 2. The van der Waals surface area contributed by atoms with E-state index in [4.69, 9.17) is 23.7 Å². The molecule has 4 N–H and O–H groups in total. The highest BCUT2D eigenvalue weighted by molar-refractivity contribution is 5.95. The number of benzene rings is 2. The summed E-state index contributed by atoms with van der Waals surface area (Å²) in [5, 5.41) is 19.9. The molecule has 0 aromatic heterocycles. The Morgan fingerprint density at radius 3 is 2.40 bits per heavy atom. The Morgan fingerprint density at radius 1 is 1.02 bits per heavy atom. The van der Waals surface area contributed by atoms with Gasteiger partial charge in [-0.25, -0.2) is 9.59 Å². The third-order valence-electron chi connectivity index (χ3n) is 6.13. The van der Waals surface area contributed by atoms with Crippen LogP contribution < -0.4 is 35.0 Å². The van der Waals surface area contributed by atoms with Gasteiger partial charge in [-0.1, -0.05) is 19.4 Å². The zero-order valence-electron chi connectivity index (χ0n) is 24.7. The molecular formula is C30H40N4O8. The number of amides is 2. The van der Waals surface area contributed by atoms with Gasteiger partial charge in [-0.15, -0.1) is 0 Å². The summed E-state index contributed by atoms with van der Waals surface area (Å²) in [6, 6.07) is 9.34. The molecule has 1 aliphatic rings. The van der Waals surface area contributed by atoms with Crippen LogP contribution in [0, 0.1) is 0 Å². The molecule has 12 heteroatoms. The second kappa shape index (κ2) is 16.1. The van der Waals surface area contributed by atoms with Crippen molar-refractivity contribution in [1.29, 1.82) is 0 Å². The summed E-state index contributed by atoms with van der Waals surface area (Å²) in [5.74, 6) is 1.48. The largest absolute Gasteiger partial charge is 0.490 e. The van der Waals surface area contributed by atoms with Crippen molar-refractivity contribution in [2.75, 3.05) is 33.5 Å². The number of unbranched alkanes of at least 4 members (excludes halogenated alkanes) is 1. The fraction of sp³-hybridized carbons (Fsp3) is 0.433. The third kappa shape index (κ3) is 8.77. The van der Waals surface area contributed by atoms with E-state index < -0.39 is 24.3 Å². The number of ether oxygens (including phenoxy) is 5. The molecule has 12 nitrogen and oxygen atoms in total. The first-order valence-electron chi connectivity index (χ1n) is 13.9. The van der Waals surface area contributed by atoms with Crippen LogP contribution in [-0.2, 0) is 9.53 Å². The molecule has 0 aliphatic carbocycles. The maximum Gasteiger partial charge on any atom is 0.337 e. The van der Waals surface area contributed by atoms with Gasteiger partial charge in [0, 0.05) is 5.70 Å². The third-order valence-corrected chi connectivity index (χ3v) is 6.13. The second-order valence-electron chi connectivity index (χ2n) is 9.26. The second-order valence-corrected chi connectivity index (χ2v) is 9.26. The number of aliphatic hydroxyl groups is 1. The van der Waals surface area contributed by atoms with Crippen LogP contribution in [0.15, 0.2) is 52.8 Å². The van der Waals surface area contributed by atoms with Gasteiger partial charge in [0.15, 0.2) is 29.2 Å². The highest BCUT2D eigenvalue weighted by Gasteiger charge is 2.32. The van der Waals surface area contributed by atoms with Crippen molar-refractivity contribution in [3.8, 4) is 23.0 Å². The van der Waals surface area contributed by atoms with E-state index in [0.717, 1.165) is 18.4 Å². The molecule has 228 valence electrons. The Hall–Kier alpha value is -4.45. The van der Waals surface area contributed by atoms with Gasteiger partial charge in [-0.3, -0.25) is 5.43 Å². The van der Waals surface area contributed by atoms with Crippen LogP contribution in [0.5, 0.6) is 23.0 Å². The number of esters is 1. The number of hydrogen-bond donors (Lipinski definition) is 4. The van der Waals surface area contributed by atoms with Gasteiger partial charge >= 0.3 is 12.0 Å². The van der Waals surface area contributed by atoms with Crippen LogP contribution in [0.1, 0.15) is 57.7 Å². The average molecular weight is 585 g/mol. The highest BCUT2D eigenvalue weighted by atomic mass is 16.5. The predicted octanol–water partition coefficient (Wildman–Crippen LogP) is 3.78. The maximum atomic E-state index is 12.4. The van der Waals surface area contributed by atoms with Crippen LogP contribution in [0.25, 0.3) is 0 Å². The number of rotatable bonds is 16. The molecule has 1 heterocycles. The van der Waals surface area contributed by atoms with E-state index in [1.807, 2.05) is 32.0 Å². The number of hydrazone groups is 1. The van der Waals surface area contributed by atoms with Crippen molar-refractivity contribution in [3.63, 3.8) is 0 Å². The van der Waals surface area contributed by atoms with E-state index in [-0.39, 0.29) is 12.2 Å². The highest BCUT2D eigenvalue weighted by Crippen LogP contribution is 2.35. The van der Waals surface area contributed by atoms with Crippen LogP contribution in [0.2, 0.25) is 0 Å². The molecular weight excluding hydrogens is 544 g/mol. The summed E-state index contributed by atoms with van der Waals surface area (Å²) in [4.78, 5) is 24.6. The monoisotopic (exact) mass is 584 g/mol. The minimum atomic E-state index is -1.13. The van der Waals surface area contributed by atoms with Crippen LogP contribution in [0.4, 0.5) is 4.79 Å². The van der Waals surface area contributed by atoms with Gasteiger partial charge in [-0.2, -0.15) is 5.10 Å². The number of urea groups is 1. The van der Waals surface area contributed by atoms with Crippen molar-refractivity contribution < 1.29 is 38.4 Å². The quantitative estimate of drug-likeness (QED) is 0.0760. The Morgan fingerprint density at radius 2 is 1.71 bits per heavy atom. The van der Waals surface area contributed by atoms with Crippen LogP contribution >= 0.6 is 0 Å². The molecule has 2 amide bonds. The van der Waals surface area contributed by atoms with Gasteiger partial charge in [0.2, 0.25) is 0 Å². The molecule has 3 rings (SSSR count). The van der Waals surface area contributed by atoms with Crippen LogP contribution in [0.3, 0.4) is 0 Å². The molecule has 1 aliphatic heterocycles. The van der Waals surface area contributed by atoms with E-state index in [1.165, 1.54) is 7.11 Å². The molecule has 0 saturated heterocycles. The average Bonchev–Trinajstić information content (AvgIpc) is 2.97. The molecule has 42 heavy (non-hydrogen) atoms. The fourth-order valence-corrected chi connectivity index (χ4v) is 4.14. The summed E-state index contributed by atoms with van der Waals surface area (Å²) >= 11 is 0. The minimum absolute atomic E-state index is 0.137. The molecule has 0 spiro atoms. The van der Waals surface area contributed by atoms with Crippen molar-refractivity contribution in [1.82, 2.24) is 16.1 Å². The number of nitrogens with one attached hydrogen (secondary N) is 3. The standard InChI is InChI=1S/C30H40N4O8/c1-6-9-14-41-22-12-10-20(15-24(22)39-7-2)17-31-34-26(35)18-42-23-13-11-21(16-25(23)40-8-3)28-27(29(36)38-5)19(4)32-30(37)33-28/h10-13,15-17,26,28,34-35H,6-9,14,18H2,1-5H3,(H2,32,33,37)/b31-17-/t26-,28+/m0/s1. The summed E-state index contributed by atoms with van der Waals surface area (Å²) in [5.41, 5.74) is 4.66. The predicted molar refractivity (Wildman–Crippen MR) is 157 cm³/mol. The molecule has 0 unspecified atom stereocenters. The first-order chi connectivity index (χ1) is 20.3. The van der Waals surface area contributed by atoms with E-state index >= 15 is 0 Å². The Balaban J connectivity index is 1.65. The SMILES string of the molecule is CCCCOc1ccc(/C=N\N[C@@H](O)COc2ccc([C@H]3NC(=O)NC(C)=C3C(=O)OC)cc2OCC)cc1OCC. The van der Waals surface area contributed by atoms with Gasteiger partial charge in [0.25, 0.3) is 0 Å². The smallest absolute Gasteiger partial charge is 0.337 e. The Bertz CT molecular complexity index is 1280. The lowest BCUT2D eigenvalue weighted by molar-refractivity contribution is -0.136. The van der Waals surface area contributed by atoms with Gasteiger partial charge in [-0.05, 0) is 68.7 Å². The molecule has 0 saturated carbocycles. The number of aliphatic hydroxyl groups excluding tert-OH is 1. The van der Waals surface area contributed by atoms with Gasteiger partial charge in [0.1, 0.15) is 6.61 Å². The summed E-state index contributed by atoms with van der Waals surface area (Å²) in [6.45, 7) is 8.78. The van der Waals surface area contributed by atoms with E-state index in [2.05, 4.69) is 28.1 Å². The number of carbonyl (C=O) groups excluding carboxylic acids is 2. The lowest BCUT2D eigenvalue weighted by Gasteiger charge is -2.28. The van der Waals surface area contributed by atoms with Crippen LogP contribution in [-0.4, -0.2) is 63.1 Å². The lowest BCUT2D eigenvalue weighted by atomic mass is 9.95. The van der Waals surface area contributed by atoms with Crippen molar-refractivity contribution in [2.24, 2.45) is 5.10 Å². The Labute approximate surface area is 246 Å². The molecule has 2 aromatic carbocycles. The molecule has 2 atom stereocenters. The number of methoxy groups -OCH3 is 1. The van der Waals surface area contributed by atoms with Gasteiger partial charge < -0.3 is 39.4 Å². The summed E-state index contributed by atoms with van der Waals surface area (Å²) < 4.78 is 28.0. The zero-order valence-corrected chi connectivity index (χ0v) is 24.7. The lowest BCUT2D eigenvalue weighted by Crippen LogP contribution is -2.45. The van der Waals surface area contributed by atoms with Crippen molar-refractivity contribution in [3.05, 3.63) is 58.8 Å². The van der Waals surface area contributed by atoms with E-state index in [1.54, 1.807) is 31.3 Å². The first-order valence-corrected chi connectivity index (χ1v) is 13.9. The number of allylic oxidation sites excluding steroid dienone is 1. The van der Waals surface area contributed by atoms with E-state index in [0.29, 0.717) is 54.1 Å². The minimum Gasteiger partial charge on any atom is -0.490 e. The fourth-order valence-electron chi connectivity index (χ4n) is 4.14. The normalized spacial score (nSPS) is 15.5. The summed E-state index contributed by atoms with van der Waals surface area (Å²) in [7, 11) is 1.28.